The van der Waals surface area contributed by atoms with Crippen molar-refractivity contribution in [1.29, 1.82) is 0 Å². The third kappa shape index (κ3) is 4.59. The summed E-state index contributed by atoms with van der Waals surface area (Å²) in [4.78, 5) is 13.0. The molecule has 1 N–H and O–H groups in total. The van der Waals surface area contributed by atoms with Crippen LogP contribution in [0, 0.1) is 0 Å². The molecule has 0 aromatic heterocycles. The van der Waals surface area contributed by atoms with Crippen LogP contribution in [-0.4, -0.2) is 37.0 Å². The highest BCUT2D eigenvalue weighted by Gasteiger charge is 2.11. The second-order valence-corrected chi connectivity index (χ2v) is 4.12. The molecular formula is C12H18BNO3. The van der Waals surface area contributed by atoms with Crippen LogP contribution in [0.3, 0.4) is 0 Å². The zero-order valence-corrected chi connectivity index (χ0v) is 10.5. The Kier molecular flexibility index (Phi) is 5.19. The Balaban J connectivity index is 2.69. The van der Waals surface area contributed by atoms with Crippen molar-refractivity contribution in [3.63, 3.8) is 0 Å². The van der Waals surface area contributed by atoms with Gasteiger partial charge in [-0.05, 0) is 25.0 Å². The molecule has 1 aromatic rings. The quantitative estimate of drug-likeness (QED) is 0.609. The van der Waals surface area contributed by atoms with Crippen LogP contribution in [0.25, 0.3) is 0 Å². The third-order valence-electron chi connectivity index (χ3n) is 2.64. The molecule has 17 heavy (non-hydrogen) atoms. The van der Waals surface area contributed by atoms with Gasteiger partial charge in [0.15, 0.2) is 0 Å². The van der Waals surface area contributed by atoms with Crippen molar-refractivity contribution >= 4 is 13.0 Å². The number of ether oxygens (including phenoxy) is 1. The van der Waals surface area contributed by atoms with Gasteiger partial charge in [-0.3, -0.25) is 4.79 Å². The number of carbonyl (C=O) groups excluding carboxylic acids is 1. The van der Waals surface area contributed by atoms with Crippen molar-refractivity contribution in [3.8, 4) is 0 Å². The monoisotopic (exact) mass is 235 g/mol. The van der Waals surface area contributed by atoms with Crippen LogP contribution in [-0.2, 0) is 22.5 Å². The van der Waals surface area contributed by atoms with E-state index in [1.807, 2.05) is 36.1 Å². The fourth-order valence-corrected chi connectivity index (χ4v) is 1.50. The fraction of sp³-hybridized carbons (Fsp3) is 0.417. The van der Waals surface area contributed by atoms with E-state index in [0.29, 0.717) is 6.54 Å². The molecule has 0 atom stereocenters. The van der Waals surface area contributed by atoms with Crippen molar-refractivity contribution in [2.45, 2.75) is 19.8 Å². The normalized spacial score (nSPS) is 10.4. The Bertz CT molecular complexity index is 382. The lowest BCUT2D eigenvalue weighted by Gasteiger charge is -2.17. The van der Waals surface area contributed by atoms with E-state index in [1.165, 1.54) is 7.11 Å². The number of carbonyl (C=O) groups is 1. The van der Waals surface area contributed by atoms with Gasteiger partial charge in [-0.25, -0.2) is 0 Å². The molecule has 0 radical (unpaired) electrons. The summed E-state index contributed by atoms with van der Waals surface area (Å²) < 4.78 is 4.62. The number of methoxy groups -OCH3 is 1. The summed E-state index contributed by atoms with van der Waals surface area (Å²) in [7, 11) is 2.74. The van der Waals surface area contributed by atoms with Gasteiger partial charge < -0.3 is 14.6 Å². The van der Waals surface area contributed by atoms with E-state index in [9.17, 15) is 9.82 Å². The highest BCUT2D eigenvalue weighted by molar-refractivity contribution is 6.45. The molecule has 1 aromatic carbocycles. The molecule has 0 amide bonds. The minimum atomic E-state index is -0.487. The third-order valence-corrected chi connectivity index (χ3v) is 2.64. The Morgan fingerprint density at radius 1 is 1.47 bits per heavy atom. The van der Waals surface area contributed by atoms with E-state index < -0.39 is 7.05 Å². The van der Waals surface area contributed by atoms with Gasteiger partial charge in [-0.2, -0.15) is 0 Å². The largest absolute Gasteiger partial charge is 0.469 e. The maximum absolute atomic E-state index is 11.2. The van der Waals surface area contributed by atoms with E-state index in [1.54, 1.807) is 6.82 Å². The summed E-state index contributed by atoms with van der Waals surface area (Å²) in [6.07, 6.45) is 0.280. The van der Waals surface area contributed by atoms with Gasteiger partial charge in [0.05, 0.1) is 13.5 Å². The molecular weight excluding hydrogens is 217 g/mol. The Morgan fingerprint density at radius 3 is 2.71 bits per heavy atom. The van der Waals surface area contributed by atoms with Crippen molar-refractivity contribution in [3.05, 3.63) is 35.4 Å². The number of benzene rings is 1. The summed E-state index contributed by atoms with van der Waals surface area (Å²) in [5.41, 5.74) is 1.99. The van der Waals surface area contributed by atoms with Crippen molar-refractivity contribution in [1.82, 2.24) is 4.81 Å². The molecule has 0 fully saturated rings. The summed E-state index contributed by atoms with van der Waals surface area (Å²) in [5.74, 6) is -0.244. The van der Waals surface area contributed by atoms with E-state index >= 15 is 0 Å². The van der Waals surface area contributed by atoms with Crippen molar-refractivity contribution in [2.24, 2.45) is 0 Å². The van der Waals surface area contributed by atoms with Gasteiger partial charge in [0.1, 0.15) is 0 Å². The lowest BCUT2D eigenvalue weighted by atomic mass is 9.85. The first-order valence-corrected chi connectivity index (χ1v) is 5.56. The highest BCUT2D eigenvalue weighted by Crippen LogP contribution is 2.09. The molecule has 0 aliphatic rings. The first-order valence-electron chi connectivity index (χ1n) is 5.56. The van der Waals surface area contributed by atoms with Gasteiger partial charge in [-0.15, -0.1) is 0 Å². The van der Waals surface area contributed by atoms with Crippen molar-refractivity contribution in [2.75, 3.05) is 14.2 Å². The molecule has 0 saturated heterocycles. The Labute approximate surface area is 102 Å². The van der Waals surface area contributed by atoms with Crippen LogP contribution in [0.15, 0.2) is 24.3 Å². The molecule has 1 rings (SSSR count). The second kappa shape index (κ2) is 6.42. The van der Waals surface area contributed by atoms with Gasteiger partial charge in [0.25, 0.3) is 0 Å². The van der Waals surface area contributed by atoms with Gasteiger partial charge in [0.2, 0.25) is 0 Å². The summed E-state index contributed by atoms with van der Waals surface area (Å²) in [5, 5.41) is 9.39. The molecule has 0 aliphatic heterocycles. The van der Waals surface area contributed by atoms with E-state index in [-0.39, 0.29) is 12.4 Å². The fourth-order valence-electron chi connectivity index (χ4n) is 1.50. The van der Waals surface area contributed by atoms with E-state index in [0.717, 1.165) is 11.1 Å². The number of rotatable bonds is 5. The van der Waals surface area contributed by atoms with Gasteiger partial charge in [-0.1, -0.05) is 24.3 Å². The summed E-state index contributed by atoms with van der Waals surface area (Å²) >= 11 is 0. The number of nitrogens with zero attached hydrogens (tertiary/aromatic N) is 1. The topological polar surface area (TPSA) is 49.8 Å². The molecule has 0 saturated carbocycles. The molecule has 0 spiro atoms. The van der Waals surface area contributed by atoms with Crippen LogP contribution >= 0.6 is 0 Å². The van der Waals surface area contributed by atoms with Crippen LogP contribution in [0.1, 0.15) is 11.1 Å². The first kappa shape index (κ1) is 13.7. The van der Waals surface area contributed by atoms with Gasteiger partial charge in [0, 0.05) is 6.54 Å². The van der Waals surface area contributed by atoms with Gasteiger partial charge >= 0.3 is 13.0 Å². The number of hydrogen-bond donors (Lipinski definition) is 1. The van der Waals surface area contributed by atoms with E-state index in [2.05, 4.69) is 4.74 Å². The van der Waals surface area contributed by atoms with Crippen LogP contribution in [0.2, 0.25) is 6.82 Å². The molecule has 0 bridgehead atoms. The second-order valence-electron chi connectivity index (χ2n) is 4.12. The number of hydrogen-bond acceptors (Lipinski definition) is 4. The molecule has 5 heteroatoms. The lowest BCUT2D eigenvalue weighted by molar-refractivity contribution is -0.139. The molecule has 0 heterocycles. The first-order chi connectivity index (χ1) is 8.02. The Hall–Kier alpha value is -1.33. The smallest absolute Gasteiger partial charge is 0.376 e. The Morgan fingerprint density at radius 2 is 2.12 bits per heavy atom. The maximum Gasteiger partial charge on any atom is 0.376 e. The predicted molar refractivity (Wildman–Crippen MR) is 67.5 cm³/mol. The van der Waals surface area contributed by atoms with Crippen molar-refractivity contribution < 1.29 is 14.6 Å². The minimum absolute atomic E-state index is 0.244. The summed E-state index contributed by atoms with van der Waals surface area (Å²) in [6, 6.07) is 7.72. The molecule has 0 aliphatic carbocycles. The molecule has 4 nitrogen and oxygen atoms in total. The summed E-state index contributed by atoms with van der Waals surface area (Å²) in [6.45, 7) is 2.37. The maximum atomic E-state index is 11.2. The minimum Gasteiger partial charge on any atom is -0.469 e. The van der Waals surface area contributed by atoms with Crippen LogP contribution < -0.4 is 0 Å². The number of esters is 1. The molecule has 92 valence electrons. The van der Waals surface area contributed by atoms with Crippen LogP contribution in [0.5, 0.6) is 0 Å². The zero-order valence-electron chi connectivity index (χ0n) is 10.5. The average molecular weight is 235 g/mol. The molecule has 0 unspecified atom stereocenters. The van der Waals surface area contributed by atoms with E-state index in [4.69, 9.17) is 0 Å². The standard InChI is InChI=1S/C12H18BNO3/c1-13(16)14(2)9-11-6-4-5-10(7-11)8-12(15)17-3/h4-7,16H,8-9H2,1-3H3. The predicted octanol–water partition coefficient (Wildman–Crippen LogP) is 0.944. The lowest BCUT2D eigenvalue weighted by Crippen LogP contribution is -2.32. The highest BCUT2D eigenvalue weighted by atomic mass is 16.5. The van der Waals surface area contributed by atoms with Crippen LogP contribution in [0.4, 0.5) is 0 Å². The zero-order chi connectivity index (χ0) is 12.8. The average Bonchev–Trinajstić information content (AvgIpc) is 2.29. The SMILES string of the molecule is COC(=O)Cc1cccc(CN(C)B(C)O)c1.